The van der Waals surface area contributed by atoms with Crippen LogP contribution in [0.1, 0.15) is 38.8 Å². The fourth-order valence-electron chi connectivity index (χ4n) is 2.95. The number of aryl methyl sites for hydroxylation is 1. The van der Waals surface area contributed by atoms with E-state index in [1.165, 1.54) is 12.3 Å². The van der Waals surface area contributed by atoms with Crippen molar-refractivity contribution in [3.63, 3.8) is 0 Å². The van der Waals surface area contributed by atoms with Crippen LogP contribution in [0.4, 0.5) is 13.2 Å². The molecule has 140 valence electrons. The largest absolute Gasteiger partial charge is 0.495 e. The second kappa shape index (κ2) is 6.17. The van der Waals surface area contributed by atoms with Crippen LogP contribution in [0.5, 0.6) is 0 Å². The van der Waals surface area contributed by atoms with E-state index in [1.807, 2.05) is 52.8 Å². The molecule has 0 saturated carbocycles. The minimum atomic E-state index is -4.21. The van der Waals surface area contributed by atoms with Crippen molar-refractivity contribution >= 4 is 12.6 Å². The normalized spacial score (nSPS) is 19.2. The van der Waals surface area contributed by atoms with Crippen LogP contribution in [0.3, 0.4) is 0 Å². The quantitative estimate of drug-likeness (QED) is 0.762. The van der Waals surface area contributed by atoms with Crippen molar-refractivity contribution in [2.75, 3.05) is 0 Å². The lowest BCUT2D eigenvalue weighted by Crippen LogP contribution is -2.41. The van der Waals surface area contributed by atoms with Crippen LogP contribution in [0.15, 0.2) is 36.7 Å². The third-order valence-electron chi connectivity index (χ3n) is 5.23. The maximum atomic E-state index is 12.6. The predicted molar refractivity (Wildman–Crippen MR) is 96.0 cm³/mol. The molecule has 7 heteroatoms. The van der Waals surface area contributed by atoms with Crippen LogP contribution >= 0.6 is 0 Å². The summed E-state index contributed by atoms with van der Waals surface area (Å²) in [6.45, 7) is 9.92. The second-order valence-electron chi connectivity index (χ2n) is 7.85. The molecule has 1 saturated heterocycles. The van der Waals surface area contributed by atoms with E-state index in [4.69, 9.17) is 9.31 Å². The Morgan fingerprint density at radius 2 is 1.65 bits per heavy atom. The van der Waals surface area contributed by atoms with Gasteiger partial charge in [0.15, 0.2) is 0 Å². The first kappa shape index (κ1) is 19.0. The summed E-state index contributed by atoms with van der Waals surface area (Å²) >= 11 is 0. The maximum Gasteiger partial charge on any atom is 0.495 e. The van der Waals surface area contributed by atoms with Crippen LogP contribution in [0.2, 0.25) is 0 Å². The van der Waals surface area contributed by atoms with Gasteiger partial charge in [0, 0.05) is 18.1 Å². The molecule has 26 heavy (non-hydrogen) atoms. The van der Waals surface area contributed by atoms with Crippen molar-refractivity contribution in [2.45, 2.75) is 58.4 Å². The predicted octanol–water partition coefficient (Wildman–Crippen LogP) is 4.19. The zero-order chi connectivity index (χ0) is 19.3. The fraction of sp³-hybridized carbons (Fsp3) is 0.474. The number of halogens is 3. The summed E-state index contributed by atoms with van der Waals surface area (Å²) in [7, 11) is -0.509. The maximum absolute atomic E-state index is 12.6. The lowest BCUT2D eigenvalue weighted by atomic mass is 9.76. The third-order valence-corrected chi connectivity index (χ3v) is 5.23. The zero-order valence-electron chi connectivity index (χ0n) is 15.6. The van der Waals surface area contributed by atoms with Crippen LogP contribution < -0.4 is 5.46 Å². The Bertz CT molecular complexity index is 795. The summed E-state index contributed by atoms with van der Waals surface area (Å²) in [5.74, 6) is 0. The standard InChI is InChI=1S/C19H23BF3NO2/c1-13-6-7-15(24-9-8-14(12-24)11-19(21,22)23)10-16(13)20-25-17(2,3)18(4,5)26-20/h6-10,12H,11H2,1-5H3. The molecular weight excluding hydrogens is 342 g/mol. The Balaban J connectivity index is 1.90. The van der Waals surface area contributed by atoms with Crippen LogP contribution in [0.25, 0.3) is 5.69 Å². The fourth-order valence-corrected chi connectivity index (χ4v) is 2.95. The summed E-state index contributed by atoms with van der Waals surface area (Å²) in [4.78, 5) is 0. The molecule has 0 spiro atoms. The number of nitrogens with zero attached hydrogens (tertiary/aromatic N) is 1. The minimum absolute atomic E-state index is 0.232. The zero-order valence-corrected chi connectivity index (χ0v) is 15.6. The van der Waals surface area contributed by atoms with Gasteiger partial charge in [-0.2, -0.15) is 13.2 Å². The monoisotopic (exact) mass is 365 g/mol. The van der Waals surface area contributed by atoms with E-state index in [1.54, 1.807) is 10.8 Å². The average Bonchev–Trinajstić information content (AvgIpc) is 3.00. The Morgan fingerprint density at radius 3 is 2.23 bits per heavy atom. The number of rotatable bonds is 3. The van der Waals surface area contributed by atoms with Gasteiger partial charge in [-0.3, -0.25) is 0 Å². The molecule has 3 nitrogen and oxygen atoms in total. The number of alkyl halides is 3. The van der Waals surface area contributed by atoms with Gasteiger partial charge in [0.25, 0.3) is 0 Å². The molecule has 1 fully saturated rings. The van der Waals surface area contributed by atoms with Gasteiger partial charge < -0.3 is 13.9 Å². The molecule has 1 aliphatic rings. The molecule has 0 aliphatic carbocycles. The topological polar surface area (TPSA) is 23.4 Å². The van der Waals surface area contributed by atoms with Crippen molar-refractivity contribution in [3.8, 4) is 5.69 Å². The van der Waals surface area contributed by atoms with Crippen LogP contribution in [-0.4, -0.2) is 29.1 Å². The molecule has 3 rings (SSSR count). The molecule has 0 atom stereocenters. The molecule has 0 unspecified atom stereocenters. The van der Waals surface area contributed by atoms with Crippen molar-refractivity contribution in [2.24, 2.45) is 0 Å². The first-order valence-electron chi connectivity index (χ1n) is 8.58. The summed E-state index contributed by atoms with van der Waals surface area (Å²) in [5.41, 5.74) is 1.99. The lowest BCUT2D eigenvalue weighted by Gasteiger charge is -2.32. The molecule has 0 N–H and O–H groups in total. The Morgan fingerprint density at radius 1 is 1.04 bits per heavy atom. The van der Waals surface area contributed by atoms with Gasteiger partial charge in [-0.25, -0.2) is 0 Å². The van der Waals surface area contributed by atoms with E-state index < -0.39 is 30.9 Å². The van der Waals surface area contributed by atoms with E-state index in [0.717, 1.165) is 16.7 Å². The highest BCUT2D eigenvalue weighted by Gasteiger charge is 2.52. The van der Waals surface area contributed by atoms with E-state index in [2.05, 4.69) is 0 Å². The van der Waals surface area contributed by atoms with Crippen LogP contribution in [-0.2, 0) is 15.7 Å². The summed E-state index contributed by atoms with van der Waals surface area (Å²) < 4.78 is 51.6. The summed E-state index contributed by atoms with van der Waals surface area (Å²) in [6, 6.07) is 7.21. The van der Waals surface area contributed by atoms with E-state index in [-0.39, 0.29) is 5.56 Å². The van der Waals surface area contributed by atoms with Gasteiger partial charge in [-0.05, 0) is 63.8 Å². The van der Waals surface area contributed by atoms with Crippen molar-refractivity contribution < 1.29 is 22.5 Å². The first-order valence-corrected chi connectivity index (χ1v) is 8.58. The highest BCUT2D eigenvalue weighted by molar-refractivity contribution is 6.62. The number of benzene rings is 1. The lowest BCUT2D eigenvalue weighted by molar-refractivity contribution is -0.127. The average molecular weight is 365 g/mol. The molecular formula is C19H23BF3NO2. The summed E-state index contributed by atoms with van der Waals surface area (Å²) in [6.07, 6.45) is -2.00. The molecule has 2 aromatic rings. The summed E-state index contributed by atoms with van der Waals surface area (Å²) in [5, 5.41) is 0. The Hall–Kier alpha value is -1.73. The van der Waals surface area contributed by atoms with Gasteiger partial charge in [-0.1, -0.05) is 11.6 Å². The smallest absolute Gasteiger partial charge is 0.399 e. The highest BCUT2D eigenvalue weighted by atomic mass is 19.4. The van der Waals surface area contributed by atoms with Gasteiger partial charge in [0.1, 0.15) is 0 Å². The molecule has 1 aliphatic heterocycles. The Kier molecular flexibility index (Phi) is 4.52. The van der Waals surface area contributed by atoms with Gasteiger partial charge in [0.2, 0.25) is 0 Å². The molecule has 2 heterocycles. The number of hydrogen-bond acceptors (Lipinski definition) is 2. The molecule has 0 amide bonds. The van der Waals surface area contributed by atoms with Crippen molar-refractivity contribution in [1.29, 1.82) is 0 Å². The SMILES string of the molecule is Cc1ccc(-n2ccc(CC(F)(F)F)c2)cc1B1OC(C)(C)C(C)(C)O1. The second-order valence-corrected chi connectivity index (χ2v) is 7.85. The van der Waals surface area contributed by atoms with Gasteiger partial charge in [0.05, 0.1) is 17.6 Å². The molecule has 0 radical (unpaired) electrons. The van der Waals surface area contributed by atoms with Crippen LogP contribution in [0, 0.1) is 6.92 Å². The van der Waals surface area contributed by atoms with E-state index in [9.17, 15) is 13.2 Å². The van der Waals surface area contributed by atoms with Gasteiger partial charge in [-0.15, -0.1) is 0 Å². The Labute approximate surface area is 152 Å². The molecule has 1 aromatic heterocycles. The molecule has 0 bridgehead atoms. The number of hydrogen-bond donors (Lipinski definition) is 0. The van der Waals surface area contributed by atoms with E-state index in [0.29, 0.717) is 0 Å². The van der Waals surface area contributed by atoms with Gasteiger partial charge >= 0.3 is 13.3 Å². The van der Waals surface area contributed by atoms with Crippen molar-refractivity contribution in [1.82, 2.24) is 4.57 Å². The first-order chi connectivity index (χ1) is 11.9. The third kappa shape index (κ3) is 3.69. The van der Waals surface area contributed by atoms with Crippen molar-refractivity contribution in [3.05, 3.63) is 47.8 Å². The van der Waals surface area contributed by atoms with E-state index >= 15 is 0 Å². The minimum Gasteiger partial charge on any atom is -0.399 e. The molecule has 1 aromatic carbocycles. The highest BCUT2D eigenvalue weighted by Crippen LogP contribution is 2.36. The number of aromatic nitrogens is 1.